The number of carbonyl (C=O) groups is 3. The first kappa shape index (κ1) is 28.6. The summed E-state index contributed by atoms with van der Waals surface area (Å²) >= 11 is 6.16. The molecule has 0 unspecified atom stereocenters. The van der Waals surface area contributed by atoms with Crippen molar-refractivity contribution in [2.45, 2.75) is 18.4 Å². The van der Waals surface area contributed by atoms with E-state index in [1.807, 2.05) is 25.1 Å². The predicted molar refractivity (Wildman–Crippen MR) is 157 cm³/mol. The van der Waals surface area contributed by atoms with Crippen LogP contribution in [0.3, 0.4) is 0 Å². The number of imide groups is 2. The lowest BCUT2D eigenvalue weighted by Crippen LogP contribution is -2.54. The third-order valence-corrected chi connectivity index (χ3v) is 7.86. The summed E-state index contributed by atoms with van der Waals surface area (Å²) < 4.78 is 36.4. The number of nitrogens with one attached hydrogen (secondary N) is 1. The Labute approximate surface area is 247 Å². The highest BCUT2D eigenvalue weighted by molar-refractivity contribution is 7.87. The summed E-state index contributed by atoms with van der Waals surface area (Å²) in [6.45, 7) is 2.05. The molecule has 4 amide bonds. The van der Waals surface area contributed by atoms with E-state index >= 15 is 0 Å². The number of ether oxygens (including phenoxy) is 1. The summed E-state index contributed by atoms with van der Waals surface area (Å²) in [6, 6.07) is 24.6. The van der Waals surface area contributed by atoms with Crippen LogP contribution in [0.4, 0.5) is 10.5 Å². The normalized spacial score (nSPS) is 14.6. The Balaban J connectivity index is 1.34. The molecule has 1 aliphatic heterocycles. The van der Waals surface area contributed by atoms with Crippen LogP contribution in [-0.4, -0.2) is 26.3 Å². The summed E-state index contributed by atoms with van der Waals surface area (Å²) in [5.74, 6) is -1.28. The molecule has 0 radical (unpaired) electrons. The molecule has 11 heteroatoms. The molecule has 1 N–H and O–H groups in total. The van der Waals surface area contributed by atoms with E-state index in [1.54, 1.807) is 36.4 Å². The average Bonchev–Trinajstić information content (AvgIpc) is 2.96. The van der Waals surface area contributed by atoms with E-state index in [0.29, 0.717) is 16.3 Å². The molecule has 0 bridgehead atoms. The Kier molecular flexibility index (Phi) is 8.10. The molecule has 0 saturated carbocycles. The summed E-state index contributed by atoms with van der Waals surface area (Å²) in [5.41, 5.74) is 1.88. The van der Waals surface area contributed by atoms with Crippen LogP contribution in [0.5, 0.6) is 11.5 Å². The first-order valence-electron chi connectivity index (χ1n) is 12.6. The van der Waals surface area contributed by atoms with Gasteiger partial charge in [0, 0.05) is 10.6 Å². The van der Waals surface area contributed by atoms with Gasteiger partial charge in [0.1, 0.15) is 28.6 Å². The van der Waals surface area contributed by atoms with Crippen LogP contribution in [0.2, 0.25) is 5.02 Å². The van der Waals surface area contributed by atoms with Crippen molar-refractivity contribution in [1.82, 2.24) is 5.32 Å². The Hall–Kier alpha value is -4.93. The molecule has 42 heavy (non-hydrogen) atoms. The first-order valence-corrected chi connectivity index (χ1v) is 14.4. The number of rotatable bonds is 8. The number of barbiturate groups is 1. The minimum atomic E-state index is -4.12. The molecule has 212 valence electrons. The number of anilines is 1. The SMILES string of the molecule is Cc1ccc(S(=O)(=O)Oc2cccc(/C=C3/C(=O)NC(=O)N(c4ccc(OCc5ccccc5Cl)cc4)C3=O)c2)cc1. The van der Waals surface area contributed by atoms with Gasteiger partial charge in [-0.2, -0.15) is 8.42 Å². The second-order valence-corrected chi connectivity index (χ2v) is 11.2. The quantitative estimate of drug-likeness (QED) is 0.157. The van der Waals surface area contributed by atoms with Crippen LogP contribution < -0.4 is 19.1 Å². The molecule has 0 atom stereocenters. The zero-order chi connectivity index (χ0) is 29.9. The van der Waals surface area contributed by atoms with E-state index in [-0.39, 0.29) is 28.5 Å². The van der Waals surface area contributed by atoms with Gasteiger partial charge in [0.25, 0.3) is 11.8 Å². The number of hydrogen-bond donors (Lipinski definition) is 1. The predicted octanol–water partition coefficient (Wildman–Crippen LogP) is 5.66. The van der Waals surface area contributed by atoms with Crippen LogP contribution in [0.1, 0.15) is 16.7 Å². The maximum Gasteiger partial charge on any atom is 0.339 e. The van der Waals surface area contributed by atoms with Crippen molar-refractivity contribution in [1.29, 1.82) is 0 Å². The highest BCUT2D eigenvalue weighted by atomic mass is 35.5. The van der Waals surface area contributed by atoms with E-state index in [9.17, 15) is 22.8 Å². The lowest BCUT2D eigenvalue weighted by molar-refractivity contribution is -0.122. The van der Waals surface area contributed by atoms with E-state index < -0.39 is 28.0 Å². The zero-order valence-electron chi connectivity index (χ0n) is 22.1. The molecular formula is C31H23ClN2O7S. The number of benzene rings is 4. The third kappa shape index (κ3) is 6.35. The van der Waals surface area contributed by atoms with E-state index in [2.05, 4.69) is 5.32 Å². The second kappa shape index (κ2) is 11.9. The summed E-state index contributed by atoms with van der Waals surface area (Å²) in [5, 5.41) is 2.73. The molecule has 1 fully saturated rings. The molecule has 1 saturated heterocycles. The van der Waals surface area contributed by atoms with Crippen molar-refractivity contribution >= 4 is 51.3 Å². The molecule has 4 aromatic carbocycles. The number of nitrogens with zero attached hydrogens (tertiary/aromatic N) is 1. The Morgan fingerprint density at radius 2 is 1.57 bits per heavy atom. The minimum Gasteiger partial charge on any atom is -0.489 e. The van der Waals surface area contributed by atoms with Crippen LogP contribution in [-0.2, 0) is 26.3 Å². The van der Waals surface area contributed by atoms with E-state index in [1.165, 1.54) is 48.5 Å². The molecule has 1 heterocycles. The monoisotopic (exact) mass is 602 g/mol. The molecule has 1 aliphatic rings. The summed E-state index contributed by atoms with van der Waals surface area (Å²) in [7, 11) is -4.12. The fourth-order valence-electron chi connectivity index (χ4n) is 4.06. The molecule has 5 rings (SSSR count). The van der Waals surface area contributed by atoms with E-state index in [0.717, 1.165) is 16.0 Å². The van der Waals surface area contributed by atoms with Gasteiger partial charge in [0.05, 0.1) is 5.69 Å². The molecule has 4 aromatic rings. The number of hydrogen-bond acceptors (Lipinski definition) is 7. The second-order valence-electron chi connectivity index (χ2n) is 9.25. The highest BCUT2D eigenvalue weighted by Crippen LogP contribution is 2.27. The van der Waals surface area contributed by atoms with Gasteiger partial charge < -0.3 is 8.92 Å². The van der Waals surface area contributed by atoms with Crippen LogP contribution in [0, 0.1) is 6.92 Å². The van der Waals surface area contributed by atoms with Crippen molar-refractivity contribution < 1.29 is 31.7 Å². The van der Waals surface area contributed by atoms with Crippen molar-refractivity contribution in [2.75, 3.05) is 4.90 Å². The van der Waals surface area contributed by atoms with Crippen molar-refractivity contribution in [2.24, 2.45) is 0 Å². The molecule has 0 spiro atoms. The van der Waals surface area contributed by atoms with Crippen LogP contribution >= 0.6 is 11.6 Å². The number of urea groups is 1. The largest absolute Gasteiger partial charge is 0.489 e. The van der Waals surface area contributed by atoms with Gasteiger partial charge in [-0.3, -0.25) is 14.9 Å². The molecule has 0 aromatic heterocycles. The molecule has 0 aliphatic carbocycles. The van der Waals surface area contributed by atoms with Crippen molar-refractivity contribution in [3.8, 4) is 11.5 Å². The first-order chi connectivity index (χ1) is 20.1. The third-order valence-electron chi connectivity index (χ3n) is 6.23. The summed E-state index contributed by atoms with van der Waals surface area (Å²) in [4.78, 5) is 39.4. The smallest absolute Gasteiger partial charge is 0.339 e. The van der Waals surface area contributed by atoms with Crippen molar-refractivity contribution in [3.63, 3.8) is 0 Å². The van der Waals surface area contributed by atoms with Gasteiger partial charge >= 0.3 is 16.1 Å². The lowest BCUT2D eigenvalue weighted by Gasteiger charge is -2.26. The highest BCUT2D eigenvalue weighted by Gasteiger charge is 2.36. The fourth-order valence-corrected chi connectivity index (χ4v) is 5.18. The number of carbonyl (C=O) groups excluding carboxylic acids is 3. The zero-order valence-corrected chi connectivity index (χ0v) is 23.7. The van der Waals surface area contributed by atoms with Crippen molar-refractivity contribution in [3.05, 3.63) is 124 Å². The standard InChI is InChI=1S/C31H23ClN2O7S/c1-20-9-15-26(16-10-20)42(38,39)41-25-7-4-5-21(17-25)18-27-29(35)33-31(37)34(30(27)36)23-11-13-24(14-12-23)40-19-22-6-2-3-8-28(22)32/h2-18H,19H2,1H3,(H,33,35,37)/b27-18-. The van der Waals surface area contributed by atoms with Gasteiger partial charge in [-0.25, -0.2) is 9.69 Å². The van der Waals surface area contributed by atoms with Gasteiger partial charge in [0.2, 0.25) is 0 Å². The van der Waals surface area contributed by atoms with Gasteiger partial charge in [-0.05, 0) is 73.2 Å². The number of aryl methyl sites for hydroxylation is 1. The maximum absolute atomic E-state index is 13.3. The Morgan fingerprint density at radius 3 is 2.29 bits per heavy atom. The molecular weight excluding hydrogens is 580 g/mol. The van der Waals surface area contributed by atoms with E-state index in [4.69, 9.17) is 20.5 Å². The molecule has 9 nitrogen and oxygen atoms in total. The average molecular weight is 603 g/mol. The minimum absolute atomic E-state index is 0.0195. The fraction of sp³-hybridized carbons (Fsp3) is 0.0645. The van der Waals surface area contributed by atoms with Crippen LogP contribution in [0.15, 0.2) is 108 Å². The lowest BCUT2D eigenvalue weighted by atomic mass is 10.1. The number of halogens is 1. The van der Waals surface area contributed by atoms with Gasteiger partial charge in [-0.1, -0.05) is 59.6 Å². The van der Waals surface area contributed by atoms with Gasteiger partial charge in [-0.15, -0.1) is 0 Å². The number of amides is 4. The topological polar surface area (TPSA) is 119 Å². The van der Waals surface area contributed by atoms with Crippen LogP contribution in [0.25, 0.3) is 6.08 Å². The van der Waals surface area contributed by atoms with Gasteiger partial charge in [0.15, 0.2) is 0 Å². The Morgan fingerprint density at radius 1 is 0.857 bits per heavy atom. The summed E-state index contributed by atoms with van der Waals surface area (Å²) in [6.07, 6.45) is 1.25. The maximum atomic E-state index is 13.3. The Bertz CT molecular complexity index is 1820.